The Kier molecular flexibility index (Phi) is 5.92. The predicted octanol–water partition coefficient (Wildman–Crippen LogP) is 3.58. The summed E-state index contributed by atoms with van der Waals surface area (Å²) in [4.78, 5) is 11.2. The van der Waals surface area contributed by atoms with Gasteiger partial charge in [-0.05, 0) is 37.8 Å². The molecule has 0 fully saturated rings. The quantitative estimate of drug-likeness (QED) is 0.551. The average molecular weight is 254 g/mol. The van der Waals surface area contributed by atoms with Gasteiger partial charge in [0.1, 0.15) is 11.9 Å². The van der Waals surface area contributed by atoms with Crippen molar-refractivity contribution < 1.29 is 18.7 Å². The molecule has 0 aliphatic rings. The van der Waals surface area contributed by atoms with Crippen molar-refractivity contribution >= 4 is 5.97 Å². The Hall–Kier alpha value is -1.29. The molecule has 0 N–H and O–H groups in total. The highest BCUT2D eigenvalue weighted by atomic mass is 16.5. The Morgan fingerprint density at radius 3 is 2.67 bits per heavy atom. The van der Waals surface area contributed by atoms with Gasteiger partial charge in [-0.2, -0.15) is 0 Å². The molecule has 1 unspecified atom stereocenters. The minimum Gasteiger partial charge on any atom is -0.463 e. The molecular weight excluding hydrogens is 232 g/mol. The van der Waals surface area contributed by atoms with Crippen LogP contribution >= 0.6 is 0 Å². The lowest BCUT2D eigenvalue weighted by Gasteiger charge is -2.11. The van der Waals surface area contributed by atoms with Crippen molar-refractivity contribution in [2.45, 2.75) is 39.7 Å². The van der Waals surface area contributed by atoms with Crippen LogP contribution in [0.4, 0.5) is 0 Å². The van der Waals surface area contributed by atoms with Crippen LogP contribution in [0.25, 0.3) is 0 Å². The molecule has 0 amide bonds. The second-order valence-corrected chi connectivity index (χ2v) is 4.74. The Bertz CT molecular complexity index is 368. The molecule has 0 saturated carbocycles. The lowest BCUT2D eigenvalue weighted by molar-refractivity contribution is 0.0422. The molecule has 0 aliphatic heterocycles. The third kappa shape index (κ3) is 4.53. The maximum atomic E-state index is 11.2. The standard InChI is InChI=1S/C14H22O4/c1-10(2)6-5-9-17-11(3)12-7-8-13(18-12)14(15)16-4/h7-8,10-11H,5-6,9H2,1-4H3. The van der Waals surface area contributed by atoms with Gasteiger partial charge in [-0.25, -0.2) is 4.79 Å². The van der Waals surface area contributed by atoms with Crippen molar-refractivity contribution in [1.29, 1.82) is 0 Å². The van der Waals surface area contributed by atoms with Crippen molar-refractivity contribution in [3.05, 3.63) is 23.7 Å². The summed E-state index contributed by atoms with van der Waals surface area (Å²) in [5, 5.41) is 0. The van der Waals surface area contributed by atoms with Gasteiger partial charge in [0.25, 0.3) is 0 Å². The molecule has 0 aromatic carbocycles. The van der Waals surface area contributed by atoms with E-state index in [4.69, 9.17) is 9.15 Å². The van der Waals surface area contributed by atoms with Gasteiger partial charge in [0.2, 0.25) is 5.76 Å². The molecule has 0 spiro atoms. The smallest absolute Gasteiger partial charge is 0.373 e. The Balaban J connectivity index is 2.39. The molecule has 1 atom stereocenters. The number of carbonyl (C=O) groups excluding carboxylic acids is 1. The monoisotopic (exact) mass is 254 g/mol. The Morgan fingerprint density at radius 1 is 1.33 bits per heavy atom. The van der Waals surface area contributed by atoms with Crippen LogP contribution in [0.1, 0.15) is 56.0 Å². The van der Waals surface area contributed by atoms with Crippen LogP contribution in [0, 0.1) is 5.92 Å². The molecule has 102 valence electrons. The van der Waals surface area contributed by atoms with Gasteiger partial charge >= 0.3 is 5.97 Å². The molecule has 1 heterocycles. The first-order valence-corrected chi connectivity index (χ1v) is 6.34. The fourth-order valence-corrected chi connectivity index (χ4v) is 1.62. The van der Waals surface area contributed by atoms with E-state index < -0.39 is 5.97 Å². The molecule has 0 bridgehead atoms. The largest absolute Gasteiger partial charge is 0.463 e. The molecule has 0 aliphatic carbocycles. The molecule has 0 radical (unpaired) electrons. The van der Waals surface area contributed by atoms with E-state index >= 15 is 0 Å². The fourth-order valence-electron chi connectivity index (χ4n) is 1.62. The van der Waals surface area contributed by atoms with Gasteiger partial charge in [-0.3, -0.25) is 0 Å². The summed E-state index contributed by atoms with van der Waals surface area (Å²) in [6.45, 7) is 7.00. The van der Waals surface area contributed by atoms with Crippen LogP contribution in [-0.2, 0) is 9.47 Å². The number of hydrogen-bond acceptors (Lipinski definition) is 4. The lowest BCUT2D eigenvalue weighted by Crippen LogP contribution is -2.02. The molecule has 1 rings (SSSR count). The molecule has 4 heteroatoms. The third-order valence-corrected chi connectivity index (χ3v) is 2.71. The van der Waals surface area contributed by atoms with Gasteiger partial charge in [-0.1, -0.05) is 13.8 Å². The summed E-state index contributed by atoms with van der Waals surface area (Å²) in [5.41, 5.74) is 0. The number of ether oxygens (including phenoxy) is 2. The highest BCUT2D eigenvalue weighted by Gasteiger charge is 2.15. The van der Waals surface area contributed by atoms with Gasteiger partial charge in [0.05, 0.1) is 7.11 Å². The topological polar surface area (TPSA) is 48.7 Å². The highest BCUT2D eigenvalue weighted by molar-refractivity contribution is 5.86. The normalized spacial score (nSPS) is 12.7. The average Bonchev–Trinajstić information content (AvgIpc) is 2.82. The van der Waals surface area contributed by atoms with Crippen molar-refractivity contribution in [2.75, 3.05) is 13.7 Å². The van der Waals surface area contributed by atoms with Crippen LogP contribution in [0.15, 0.2) is 16.5 Å². The zero-order chi connectivity index (χ0) is 13.5. The van der Waals surface area contributed by atoms with Gasteiger partial charge < -0.3 is 13.9 Å². The van der Waals surface area contributed by atoms with E-state index in [2.05, 4.69) is 18.6 Å². The number of methoxy groups -OCH3 is 1. The first-order chi connectivity index (χ1) is 8.54. The SMILES string of the molecule is COC(=O)c1ccc(C(C)OCCCC(C)C)o1. The van der Waals surface area contributed by atoms with Crippen LogP contribution in [0.2, 0.25) is 0 Å². The van der Waals surface area contributed by atoms with E-state index in [9.17, 15) is 4.79 Å². The summed E-state index contributed by atoms with van der Waals surface area (Å²) in [6, 6.07) is 3.36. The Morgan fingerprint density at radius 2 is 2.06 bits per heavy atom. The van der Waals surface area contributed by atoms with Gasteiger partial charge in [-0.15, -0.1) is 0 Å². The van der Waals surface area contributed by atoms with Crippen molar-refractivity contribution in [1.82, 2.24) is 0 Å². The molecule has 4 nitrogen and oxygen atoms in total. The lowest BCUT2D eigenvalue weighted by atomic mass is 10.1. The number of rotatable bonds is 7. The minimum atomic E-state index is -0.465. The maximum absolute atomic E-state index is 11.2. The summed E-state index contributed by atoms with van der Waals surface area (Å²) < 4.78 is 15.6. The van der Waals surface area contributed by atoms with Crippen molar-refractivity contribution in [2.24, 2.45) is 5.92 Å². The van der Waals surface area contributed by atoms with Crippen molar-refractivity contribution in [3.63, 3.8) is 0 Å². The highest BCUT2D eigenvalue weighted by Crippen LogP contribution is 2.20. The molecule has 1 aromatic rings. The minimum absolute atomic E-state index is 0.143. The second-order valence-electron chi connectivity index (χ2n) is 4.74. The van der Waals surface area contributed by atoms with E-state index in [1.807, 2.05) is 6.92 Å². The fraction of sp³-hybridized carbons (Fsp3) is 0.643. The predicted molar refractivity (Wildman–Crippen MR) is 68.5 cm³/mol. The zero-order valence-electron chi connectivity index (χ0n) is 11.6. The van der Waals surface area contributed by atoms with E-state index in [0.717, 1.165) is 12.8 Å². The third-order valence-electron chi connectivity index (χ3n) is 2.71. The number of esters is 1. The van der Waals surface area contributed by atoms with Gasteiger partial charge in [0.15, 0.2) is 0 Å². The Labute approximate surface area is 108 Å². The van der Waals surface area contributed by atoms with Crippen molar-refractivity contribution in [3.8, 4) is 0 Å². The molecule has 0 saturated heterocycles. The first-order valence-electron chi connectivity index (χ1n) is 6.34. The maximum Gasteiger partial charge on any atom is 0.373 e. The second kappa shape index (κ2) is 7.21. The number of hydrogen-bond donors (Lipinski definition) is 0. The molecule has 18 heavy (non-hydrogen) atoms. The number of carbonyl (C=O) groups is 1. The van der Waals surface area contributed by atoms with Crippen LogP contribution in [0.3, 0.4) is 0 Å². The summed E-state index contributed by atoms with van der Waals surface area (Å²) in [5.74, 6) is 1.09. The van der Waals surface area contributed by atoms with E-state index in [-0.39, 0.29) is 11.9 Å². The van der Waals surface area contributed by atoms with Crippen LogP contribution in [0.5, 0.6) is 0 Å². The summed E-state index contributed by atoms with van der Waals surface area (Å²) in [6.07, 6.45) is 2.04. The summed E-state index contributed by atoms with van der Waals surface area (Å²) >= 11 is 0. The van der Waals surface area contributed by atoms with Crippen LogP contribution < -0.4 is 0 Å². The van der Waals surface area contributed by atoms with E-state index in [1.165, 1.54) is 7.11 Å². The zero-order valence-corrected chi connectivity index (χ0v) is 11.6. The van der Waals surface area contributed by atoms with E-state index in [0.29, 0.717) is 18.3 Å². The first kappa shape index (κ1) is 14.8. The number of furan rings is 1. The van der Waals surface area contributed by atoms with Gasteiger partial charge in [0, 0.05) is 6.61 Å². The molecular formula is C14H22O4. The molecule has 1 aromatic heterocycles. The summed E-state index contributed by atoms with van der Waals surface area (Å²) in [7, 11) is 1.33. The van der Waals surface area contributed by atoms with Crippen LogP contribution in [-0.4, -0.2) is 19.7 Å². The van der Waals surface area contributed by atoms with E-state index in [1.54, 1.807) is 12.1 Å².